The quantitative estimate of drug-likeness (QED) is 0.633. The van der Waals surface area contributed by atoms with E-state index in [-0.39, 0.29) is 18.0 Å². The first kappa shape index (κ1) is 21.2. The number of nitrogens with zero attached hydrogens (tertiary/aromatic N) is 3. The molecule has 0 spiro atoms. The van der Waals surface area contributed by atoms with E-state index in [9.17, 15) is 14.7 Å². The third-order valence-corrected chi connectivity index (χ3v) is 6.70. The Labute approximate surface area is 193 Å². The summed E-state index contributed by atoms with van der Waals surface area (Å²) in [5.74, 6) is -0.219. The average molecular weight is 442 g/mol. The Morgan fingerprint density at radius 2 is 1.24 bits per heavy atom. The van der Waals surface area contributed by atoms with E-state index in [1.807, 2.05) is 97.9 Å². The number of carbonyl (C=O) groups is 2. The molecular formula is C27H27N3O3. The van der Waals surface area contributed by atoms with Crippen LogP contribution >= 0.6 is 0 Å². The zero-order chi connectivity index (χ0) is 22.9. The summed E-state index contributed by atoms with van der Waals surface area (Å²) >= 11 is 0. The van der Waals surface area contributed by atoms with Crippen LogP contribution in [0.1, 0.15) is 29.7 Å². The molecule has 0 bridgehead atoms. The van der Waals surface area contributed by atoms with Gasteiger partial charge in [-0.15, -0.1) is 0 Å². The van der Waals surface area contributed by atoms with Gasteiger partial charge in [0, 0.05) is 13.1 Å². The van der Waals surface area contributed by atoms with E-state index in [0.29, 0.717) is 13.1 Å². The van der Waals surface area contributed by atoms with Gasteiger partial charge in [-0.3, -0.25) is 4.79 Å². The van der Waals surface area contributed by atoms with Gasteiger partial charge in [0.05, 0.1) is 6.04 Å². The van der Waals surface area contributed by atoms with Crippen molar-refractivity contribution in [3.05, 3.63) is 108 Å². The average Bonchev–Trinajstić information content (AvgIpc) is 3.26. The van der Waals surface area contributed by atoms with Gasteiger partial charge in [0.25, 0.3) is 0 Å². The minimum atomic E-state index is -1.09. The molecule has 2 aliphatic rings. The fourth-order valence-electron chi connectivity index (χ4n) is 5.03. The smallest absolute Gasteiger partial charge is 0.321 e. The van der Waals surface area contributed by atoms with E-state index >= 15 is 0 Å². The highest BCUT2D eigenvalue weighted by Crippen LogP contribution is 2.40. The normalized spacial score (nSPS) is 23.2. The van der Waals surface area contributed by atoms with Crippen molar-refractivity contribution >= 4 is 11.9 Å². The summed E-state index contributed by atoms with van der Waals surface area (Å²) in [5, 5.41) is 11.4. The van der Waals surface area contributed by atoms with Gasteiger partial charge < -0.3 is 19.8 Å². The topological polar surface area (TPSA) is 64.1 Å². The highest BCUT2D eigenvalue weighted by molar-refractivity contribution is 5.94. The first-order valence-corrected chi connectivity index (χ1v) is 11.3. The molecule has 2 saturated heterocycles. The van der Waals surface area contributed by atoms with Crippen LogP contribution in [0.3, 0.4) is 0 Å². The summed E-state index contributed by atoms with van der Waals surface area (Å²) in [6, 6.07) is 27.1. The summed E-state index contributed by atoms with van der Waals surface area (Å²) < 4.78 is 0. The number of likely N-dealkylation sites (tertiary alicyclic amines) is 1. The predicted octanol–water partition coefficient (Wildman–Crippen LogP) is 3.78. The molecule has 0 radical (unpaired) electrons. The number of benzene rings is 3. The molecule has 2 heterocycles. The Bertz CT molecular complexity index is 1120. The highest BCUT2D eigenvalue weighted by atomic mass is 16.3. The van der Waals surface area contributed by atoms with Crippen molar-refractivity contribution in [2.45, 2.75) is 44.4 Å². The van der Waals surface area contributed by atoms with Crippen LogP contribution in [0, 0.1) is 0 Å². The van der Waals surface area contributed by atoms with Gasteiger partial charge in [-0.2, -0.15) is 0 Å². The second-order valence-corrected chi connectivity index (χ2v) is 8.69. The molecule has 3 amide bonds. The van der Waals surface area contributed by atoms with Gasteiger partial charge in [-0.25, -0.2) is 4.79 Å². The molecule has 168 valence electrons. The Morgan fingerprint density at radius 3 is 1.79 bits per heavy atom. The summed E-state index contributed by atoms with van der Waals surface area (Å²) in [6.45, 7) is 2.57. The van der Waals surface area contributed by atoms with Gasteiger partial charge in [-0.05, 0) is 23.6 Å². The number of hydrogen-bond donors (Lipinski definition) is 1. The number of amides is 3. The maximum Gasteiger partial charge on any atom is 0.321 e. The summed E-state index contributed by atoms with van der Waals surface area (Å²) in [7, 11) is 0. The van der Waals surface area contributed by atoms with Gasteiger partial charge in [0.15, 0.2) is 6.23 Å². The number of hydrogen-bond acceptors (Lipinski definition) is 3. The molecule has 2 fully saturated rings. The van der Waals surface area contributed by atoms with Crippen molar-refractivity contribution < 1.29 is 14.7 Å². The van der Waals surface area contributed by atoms with Gasteiger partial charge in [0.1, 0.15) is 12.1 Å². The number of rotatable bonds is 6. The fraction of sp³-hybridized carbons (Fsp3) is 0.259. The molecule has 3 unspecified atom stereocenters. The third-order valence-electron chi connectivity index (χ3n) is 6.70. The molecule has 0 aromatic heterocycles. The van der Waals surface area contributed by atoms with Gasteiger partial charge in [0.2, 0.25) is 5.91 Å². The third kappa shape index (κ3) is 3.76. The van der Waals surface area contributed by atoms with E-state index in [4.69, 9.17) is 0 Å². The van der Waals surface area contributed by atoms with Crippen molar-refractivity contribution in [3.63, 3.8) is 0 Å². The zero-order valence-corrected chi connectivity index (χ0v) is 18.5. The molecule has 4 atom stereocenters. The van der Waals surface area contributed by atoms with Crippen LogP contribution in [0.25, 0.3) is 0 Å². The first-order chi connectivity index (χ1) is 16.1. The Morgan fingerprint density at radius 1 is 0.758 bits per heavy atom. The first-order valence-electron chi connectivity index (χ1n) is 11.3. The number of aliphatic hydroxyl groups excluding tert-OH is 1. The highest BCUT2D eigenvalue weighted by Gasteiger charge is 2.61. The van der Waals surface area contributed by atoms with E-state index in [1.165, 1.54) is 4.90 Å². The van der Waals surface area contributed by atoms with Crippen molar-refractivity contribution in [3.8, 4) is 0 Å². The second-order valence-electron chi connectivity index (χ2n) is 8.69. The minimum absolute atomic E-state index is 0.219. The maximum absolute atomic E-state index is 13.7. The SMILES string of the molecule is C[C@H](c1ccccc1)N1C(=O)C2C(C1O)N(Cc1ccccc1)C(=O)N2Cc1ccccc1. The molecule has 6 heteroatoms. The largest absolute Gasteiger partial charge is 0.371 e. The molecule has 3 aromatic carbocycles. The maximum atomic E-state index is 13.7. The van der Waals surface area contributed by atoms with Crippen LogP contribution in [-0.2, 0) is 17.9 Å². The molecule has 6 nitrogen and oxygen atoms in total. The van der Waals surface area contributed by atoms with E-state index in [1.54, 1.807) is 9.80 Å². The minimum Gasteiger partial charge on any atom is -0.371 e. The van der Waals surface area contributed by atoms with Crippen LogP contribution in [-0.4, -0.2) is 50.1 Å². The molecule has 0 saturated carbocycles. The Balaban J connectivity index is 1.50. The van der Waals surface area contributed by atoms with Crippen molar-refractivity contribution in [1.82, 2.24) is 14.7 Å². The summed E-state index contributed by atoms with van der Waals surface area (Å²) in [6.07, 6.45) is -1.09. The lowest BCUT2D eigenvalue weighted by Crippen LogP contribution is -2.47. The molecular weight excluding hydrogens is 414 g/mol. The van der Waals surface area contributed by atoms with Crippen LogP contribution in [0.2, 0.25) is 0 Å². The number of carbonyl (C=O) groups excluding carboxylic acids is 2. The Kier molecular flexibility index (Phi) is 5.60. The molecule has 2 aliphatic heterocycles. The van der Waals surface area contributed by atoms with Crippen molar-refractivity contribution in [2.24, 2.45) is 0 Å². The van der Waals surface area contributed by atoms with E-state index in [2.05, 4.69) is 0 Å². The van der Waals surface area contributed by atoms with Crippen LogP contribution in [0.5, 0.6) is 0 Å². The lowest BCUT2D eigenvalue weighted by atomic mass is 10.1. The Hall–Kier alpha value is -3.64. The van der Waals surface area contributed by atoms with Gasteiger partial charge >= 0.3 is 6.03 Å². The molecule has 33 heavy (non-hydrogen) atoms. The van der Waals surface area contributed by atoms with Crippen LogP contribution in [0.4, 0.5) is 4.79 Å². The summed E-state index contributed by atoms with van der Waals surface area (Å²) in [4.78, 5) is 32.0. The standard InChI is InChI=1S/C27H27N3O3/c1-19(22-15-9-4-10-16-22)30-25(31)23-24(26(30)32)29(18-21-13-7-3-8-14-21)27(33)28(23)17-20-11-5-2-6-12-20/h2-16,19,23-25,31H,17-18H2,1H3/t19-,23?,24?,25?/m1/s1. The lowest BCUT2D eigenvalue weighted by Gasteiger charge is -2.33. The molecule has 5 rings (SSSR count). The number of fused-ring (bicyclic) bond motifs is 1. The zero-order valence-electron chi connectivity index (χ0n) is 18.5. The number of urea groups is 1. The van der Waals surface area contributed by atoms with Crippen LogP contribution < -0.4 is 0 Å². The molecule has 1 N–H and O–H groups in total. The lowest BCUT2D eigenvalue weighted by molar-refractivity contribution is -0.139. The molecule has 0 aliphatic carbocycles. The predicted molar refractivity (Wildman–Crippen MR) is 125 cm³/mol. The van der Waals surface area contributed by atoms with Gasteiger partial charge in [-0.1, -0.05) is 91.0 Å². The van der Waals surface area contributed by atoms with E-state index in [0.717, 1.165) is 16.7 Å². The monoisotopic (exact) mass is 441 g/mol. The molecule has 3 aromatic rings. The summed E-state index contributed by atoms with van der Waals surface area (Å²) in [5.41, 5.74) is 2.85. The fourth-order valence-corrected chi connectivity index (χ4v) is 5.03. The van der Waals surface area contributed by atoms with E-state index < -0.39 is 18.3 Å². The number of aliphatic hydroxyl groups is 1. The van der Waals surface area contributed by atoms with Crippen molar-refractivity contribution in [2.75, 3.05) is 0 Å². The van der Waals surface area contributed by atoms with Crippen molar-refractivity contribution in [1.29, 1.82) is 0 Å². The second kappa shape index (κ2) is 8.71. The van der Waals surface area contributed by atoms with Crippen LogP contribution in [0.15, 0.2) is 91.0 Å².